The first-order chi connectivity index (χ1) is 9.49. The molecule has 20 heavy (non-hydrogen) atoms. The summed E-state index contributed by atoms with van der Waals surface area (Å²) >= 11 is 17.8. The van der Waals surface area contributed by atoms with Gasteiger partial charge in [0.2, 0.25) is 0 Å². The van der Waals surface area contributed by atoms with Gasteiger partial charge in [-0.05, 0) is 23.8 Å². The van der Waals surface area contributed by atoms with Gasteiger partial charge in [0.05, 0.1) is 10.0 Å². The van der Waals surface area contributed by atoms with Crippen LogP contribution in [-0.4, -0.2) is 5.78 Å². The van der Waals surface area contributed by atoms with Gasteiger partial charge in [-0.3, -0.25) is 4.79 Å². The van der Waals surface area contributed by atoms with Crippen molar-refractivity contribution in [2.45, 2.75) is 12.8 Å². The van der Waals surface area contributed by atoms with E-state index in [1.807, 2.05) is 0 Å². The van der Waals surface area contributed by atoms with Crippen molar-refractivity contribution in [3.63, 3.8) is 0 Å². The molecular formula is C15H10Cl3FO. The molecule has 0 fully saturated rings. The number of carbonyl (C=O) groups is 1. The van der Waals surface area contributed by atoms with Crippen molar-refractivity contribution in [1.82, 2.24) is 0 Å². The van der Waals surface area contributed by atoms with Crippen molar-refractivity contribution in [2.24, 2.45) is 0 Å². The van der Waals surface area contributed by atoms with Gasteiger partial charge < -0.3 is 0 Å². The number of halogens is 4. The van der Waals surface area contributed by atoms with Crippen LogP contribution in [0.25, 0.3) is 0 Å². The molecule has 0 amide bonds. The zero-order chi connectivity index (χ0) is 14.7. The van der Waals surface area contributed by atoms with Crippen LogP contribution < -0.4 is 0 Å². The maximum atomic E-state index is 13.6. The third kappa shape index (κ3) is 3.51. The molecule has 0 atom stereocenters. The molecule has 0 aliphatic rings. The van der Waals surface area contributed by atoms with Crippen LogP contribution in [0.2, 0.25) is 15.1 Å². The van der Waals surface area contributed by atoms with Gasteiger partial charge in [0.15, 0.2) is 0 Å². The number of Topliss-reactive ketones (excluding diaryl/α,β-unsaturated/α-hetero) is 1. The molecule has 2 rings (SSSR count). The highest BCUT2D eigenvalue weighted by Crippen LogP contribution is 2.27. The number of carbonyl (C=O) groups excluding carboxylic acids is 1. The summed E-state index contributed by atoms with van der Waals surface area (Å²) in [5, 5.41) is 0.985. The fourth-order valence-corrected chi connectivity index (χ4v) is 2.48. The minimum atomic E-state index is -0.483. The van der Waals surface area contributed by atoms with Gasteiger partial charge in [-0.1, -0.05) is 53.0 Å². The monoisotopic (exact) mass is 330 g/mol. The first-order valence-electron chi connectivity index (χ1n) is 5.86. The minimum absolute atomic E-state index is 0.0751. The highest BCUT2D eigenvalue weighted by atomic mass is 35.5. The molecule has 0 aromatic heterocycles. The molecule has 0 aliphatic carbocycles. The zero-order valence-corrected chi connectivity index (χ0v) is 12.6. The Hall–Kier alpha value is -1.09. The van der Waals surface area contributed by atoms with Crippen LogP contribution in [0.15, 0.2) is 36.4 Å². The van der Waals surface area contributed by atoms with E-state index in [9.17, 15) is 9.18 Å². The van der Waals surface area contributed by atoms with E-state index in [0.717, 1.165) is 0 Å². The first kappa shape index (κ1) is 15.3. The molecule has 2 aromatic carbocycles. The summed E-state index contributed by atoms with van der Waals surface area (Å²) in [5.41, 5.74) is 0.828. The van der Waals surface area contributed by atoms with E-state index >= 15 is 0 Å². The minimum Gasteiger partial charge on any atom is -0.299 e. The molecule has 0 N–H and O–H groups in total. The lowest BCUT2D eigenvalue weighted by Crippen LogP contribution is -2.09. The molecule has 5 heteroatoms. The van der Waals surface area contributed by atoms with Crippen molar-refractivity contribution >= 4 is 40.6 Å². The molecular weight excluding hydrogens is 322 g/mol. The summed E-state index contributed by atoms with van der Waals surface area (Å²) in [7, 11) is 0. The third-order valence-corrected chi connectivity index (χ3v) is 4.07. The molecule has 0 bridgehead atoms. The van der Waals surface area contributed by atoms with E-state index in [2.05, 4.69) is 0 Å². The fraction of sp³-hybridized carbons (Fsp3) is 0.133. The quantitative estimate of drug-likeness (QED) is 0.758. The van der Waals surface area contributed by atoms with Crippen LogP contribution in [-0.2, 0) is 17.6 Å². The SMILES string of the molecule is O=C(Cc1cccc(Cl)c1Cl)Cc1c(F)cccc1Cl. The maximum absolute atomic E-state index is 13.6. The van der Waals surface area contributed by atoms with Gasteiger partial charge in [-0.15, -0.1) is 0 Å². The molecule has 0 saturated carbocycles. The average molecular weight is 332 g/mol. The second-order valence-corrected chi connectivity index (χ2v) is 5.50. The average Bonchev–Trinajstić information content (AvgIpc) is 2.39. The van der Waals surface area contributed by atoms with Gasteiger partial charge in [0.1, 0.15) is 11.6 Å². The summed E-state index contributed by atoms with van der Waals surface area (Å²) < 4.78 is 13.6. The molecule has 0 heterocycles. The third-order valence-electron chi connectivity index (χ3n) is 2.85. The Morgan fingerprint density at radius 1 is 0.950 bits per heavy atom. The first-order valence-corrected chi connectivity index (χ1v) is 7.00. The lowest BCUT2D eigenvalue weighted by Gasteiger charge is -2.07. The van der Waals surface area contributed by atoms with Gasteiger partial charge in [-0.25, -0.2) is 4.39 Å². The largest absolute Gasteiger partial charge is 0.299 e. The van der Waals surface area contributed by atoms with E-state index in [0.29, 0.717) is 15.6 Å². The molecule has 2 aromatic rings. The molecule has 0 aliphatic heterocycles. The van der Waals surface area contributed by atoms with Crippen LogP contribution in [0.3, 0.4) is 0 Å². The Morgan fingerprint density at radius 3 is 2.30 bits per heavy atom. The van der Waals surface area contributed by atoms with Gasteiger partial charge in [0.25, 0.3) is 0 Å². The zero-order valence-electron chi connectivity index (χ0n) is 10.3. The van der Waals surface area contributed by atoms with Crippen LogP contribution in [0.4, 0.5) is 4.39 Å². The van der Waals surface area contributed by atoms with Crippen LogP contribution >= 0.6 is 34.8 Å². The van der Waals surface area contributed by atoms with E-state index in [1.54, 1.807) is 24.3 Å². The standard InChI is InChI=1S/C15H10Cl3FO/c16-12-4-2-6-14(19)11(12)8-10(20)7-9-3-1-5-13(17)15(9)18/h1-6H,7-8H2. The van der Waals surface area contributed by atoms with E-state index in [-0.39, 0.29) is 29.2 Å². The molecule has 104 valence electrons. The van der Waals surface area contributed by atoms with Crippen molar-refractivity contribution in [3.05, 3.63) is 68.4 Å². The van der Waals surface area contributed by atoms with Crippen molar-refractivity contribution in [3.8, 4) is 0 Å². The van der Waals surface area contributed by atoms with E-state index in [1.165, 1.54) is 12.1 Å². The molecule has 0 spiro atoms. The van der Waals surface area contributed by atoms with Crippen molar-refractivity contribution < 1.29 is 9.18 Å². The Labute approximate surface area is 131 Å². The second kappa shape index (κ2) is 6.57. The molecule has 1 nitrogen and oxygen atoms in total. The summed E-state index contributed by atoms with van der Waals surface area (Å²) in [5.74, 6) is -0.663. The predicted molar refractivity (Wildman–Crippen MR) is 80.3 cm³/mol. The number of ketones is 1. The highest BCUT2D eigenvalue weighted by molar-refractivity contribution is 6.42. The van der Waals surface area contributed by atoms with Crippen LogP contribution in [0, 0.1) is 5.82 Å². The number of benzene rings is 2. The Kier molecular flexibility index (Phi) is 5.03. The summed E-state index contributed by atoms with van der Waals surface area (Å²) in [6.07, 6.45) is 0.0123. The van der Waals surface area contributed by atoms with Crippen LogP contribution in [0.1, 0.15) is 11.1 Å². The lowest BCUT2D eigenvalue weighted by molar-refractivity contribution is -0.117. The van der Waals surface area contributed by atoms with Crippen LogP contribution in [0.5, 0.6) is 0 Å². The molecule has 0 unspecified atom stereocenters. The topological polar surface area (TPSA) is 17.1 Å². The normalized spacial score (nSPS) is 10.6. The lowest BCUT2D eigenvalue weighted by atomic mass is 10.0. The Bertz CT molecular complexity index is 635. The molecule has 0 radical (unpaired) electrons. The fourth-order valence-electron chi connectivity index (χ4n) is 1.86. The maximum Gasteiger partial charge on any atom is 0.141 e. The van der Waals surface area contributed by atoms with Crippen molar-refractivity contribution in [1.29, 1.82) is 0 Å². The summed E-state index contributed by atoms with van der Waals surface area (Å²) in [6, 6.07) is 9.41. The van der Waals surface area contributed by atoms with Crippen molar-refractivity contribution in [2.75, 3.05) is 0 Å². The second-order valence-electron chi connectivity index (χ2n) is 4.31. The van der Waals surface area contributed by atoms with E-state index < -0.39 is 5.82 Å². The summed E-state index contributed by atoms with van der Waals surface area (Å²) in [6.45, 7) is 0. The predicted octanol–water partition coefficient (Wildman–Crippen LogP) is 5.14. The molecule has 0 saturated heterocycles. The van der Waals surface area contributed by atoms with Gasteiger partial charge >= 0.3 is 0 Å². The smallest absolute Gasteiger partial charge is 0.141 e. The number of hydrogen-bond acceptors (Lipinski definition) is 1. The summed E-state index contributed by atoms with van der Waals surface area (Å²) in [4.78, 5) is 12.0. The van der Waals surface area contributed by atoms with Gasteiger partial charge in [0, 0.05) is 23.4 Å². The Balaban J connectivity index is 2.16. The number of hydrogen-bond donors (Lipinski definition) is 0. The van der Waals surface area contributed by atoms with Gasteiger partial charge in [-0.2, -0.15) is 0 Å². The highest BCUT2D eigenvalue weighted by Gasteiger charge is 2.14. The Morgan fingerprint density at radius 2 is 1.60 bits per heavy atom. The van der Waals surface area contributed by atoms with E-state index in [4.69, 9.17) is 34.8 Å². The number of rotatable bonds is 4.